The highest BCUT2D eigenvalue weighted by molar-refractivity contribution is 8.00. The average molecular weight is 587 g/mol. The van der Waals surface area contributed by atoms with E-state index in [4.69, 9.17) is 5.73 Å². The van der Waals surface area contributed by atoms with E-state index in [2.05, 4.69) is 47.0 Å². The molecule has 0 unspecified atom stereocenters. The number of likely N-dealkylation sites (tertiary alicyclic amines) is 1. The van der Waals surface area contributed by atoms with Crippen LogP contribution in [-0.4, -0.2) is 60.3 Å². The van der Waals surface area contributed by atoms with E-state index in [1.54, 1.807) is 36.9 Å². The SMILES string of the molecule is C=C(C)N1CCCC(F)(F)C1.CC(S)(S)Cc1nc(N)nn2cc(F)c(-c3ccc4c(c3)[N+](CC(F)F)=N4)c12. The van der Waals surface area contributed by atoms with Gasteiger partial charge in [0.15, 0.2) is 5.82 Å². The van der Waals surface area contributed by atoms with Gasteiger partial charge in [-0.3, -0.25) is 0 Å². The zero-order valence-electron chi connectivity index (χ0n) is 21.4. The molecule has 2 aliphatic heterocycles. The van der Waals surface area contributed by atoms with Crippen molar-refractivity contribution in [3.05, 3.63) is 48.2 Å². The van der Waals surface area contributed by atoms with Gasteiger partial charge in [-0.15, -0.1) is 5.10 Å². The summed E-state index contributed by atoms with van der Waals surface area (Å²) in [6, 6.07) is 4.97. The van der Waals surface area contributed by atoms with Crippen LogP contribution in [0.2, 0.25) is 0 Å². The predicted molar refractivity (Wildman–Crippen MR) is 146 cm³/mol. The molecule has 2 aliphatic rings. The number of fused-ring (bicyclic) bond motifs is 2. The summed E-state index contributed by atoms with van der Waals surface area (Å²) in [6.45, 7) is 7.24. The average Bonchev–Trinajstić information content (AvgIpc) is 3.12. The molecule has 0 spiro atoms. The lowest BCUT2D eigenvalue weighted by Gasteiger charge is -2.34. The van der Waals surface area contributed by atoms with Gasteiger partial charge in [0.05, 0.1) is 28.0 Å². The minimum Gasteiger partial charge on any atom is -0.370 e. The van der Waals surface area contributed by atoms with Crippen molar-refractivity contribution in [1.29, 1.82) is 0 Å². The number of nitrogens with two attached hydrogens (primary N) is 1. The molecule has 1 saturated heterocycles. The Labute approximate surface area is 233 Å². The van der Waals surface area contributed by atoms with Crippen molar-refractivity contribution in [2.75, 3.05) is 25.4 Å². The van der Waals surface area contributed by atoms with E-state index in [-0.39, 0.29) is 24.5 Å². The van der Waals surface area contributed by atoms with Gasteiger partial charge in [0.2, 0.25) is 18.2 Å². The van der Waals surface area contributed by atoms with Crippen molar-refractivity contribution in [3.8, 4) is 11.1 Å². The molecular weight excluding hydrogens is 557 g/mol. The van der Waals surface area contributed by atoms with Crippen LogP contribution in [0, 0.1) is 5.82 Å². The van der Waals surface area contributed by atoms with Crippen LogP contribution in [0.3, 0.4) is 0 Å². The Balaban J connectivity index is 0.000000270. The first-order chi connectivity index (χ1) is 18.1. The summed E-state index contributed by atoms with van der Waals surface area (Å²) < 4.78 is 67.5. The number of halogens is 5. The second kappa shape index (κ2) is 11.0. The Bertz CT molecular complexity index is 1430. The zero-order valence-corrected chi connectivity index (χ0v) is 23.2. The van der Waals surface area contributed by atoms with Gasteiger partial charge < -0.3 is 10.6 Å². The molecule has 0 amide bonds. The largest absolute Gasteiger partial charge is 0.370 e. The van der Waals surface area contributed by atoms with Crippen LogP contribution in [-0.2, 0) is 6.42 Å². The standard InChI is InChI=1S/C17H15F3N6S2.C8H13F2N/c1-17(27,28)5-11-15-14(9(18)6-26(15)24-16(21)22-11)8-2-3-10-12(4-8)25(23-10)7-13(19)20;1-7(2)11-5-3-4-8(9,10)6-11/h2-4,6,13H,5,7H2,1H3,(H3-,21,22,24,27,28);1,3-6H2,2H3/p+1. The number of hydrogen-bond donors (Lipinski definition) is 3. The molecule has 0 saturated carbocycles. The Hall–Kier alpha value is -2.87. The Morgan fingerprint density at radius 3 is 2.62 bits per heavy atom. The van der Waals surface area contributed by atoms with Crippen molar-refractivity contribution in [3.63, 3.8) is 0 Å². The lowest BCUT2D eigenvalue weighted by atomic mass is 10.0. The number of thiol groups is 2. The highest BCUT2D eigenvalue weighted by Gasteiger charge is 2.35. The monoisotopic (exact) mass is 586 g/mol. The van der Waals surface area contributed by atoms with Gasteiger partial charge >= 0.3 is 0 Å². The first kappa shape index (κ1) is 29.1. The lowest BCUT2D eigenvalue weighted by Crippen LogP contribution is -2.41. The molecule has 210 valence electrons. The van der Waals surface area contributed by atoms with Crippen molar-refractivity contribution in [2.24, 2.45) is 5.11 Å². The number of hydrogen-bond acceptors (Lipinski definition) is 7. The van der Waals surface area contributed by atoms with Crippen molar-refractivity contribution >= 4 is 48.1 Å². The fraction of sp³-hybridized carbons (Fsp3) is 0.440. The van der Waals surface area contributed by atoms with Gasteiger partial charge in [-0.2, -0.15) is 25.3 Å². The molecule has 7 nitrogen and oxygen atoms in total. The van der Waals surface area contributed by atoms with Gasteiger partial charge in [-0.1, -0.05) is 17.3 Å². The molecule has 4 heterocycles. The third-order valence-electron chi connectivity index (χ3n) is 6.19. The van der Waals surface area contributed by atoms with Crippen LogP contribution in [0.1, 0.15) is 32.4 Å². The highest BCUT2D eigenvalue weighted by Crippen LogP contribution is 2.42. The summed E-state index contributed by atoms with van der Waals surface area (Å²) >= 11 is 8.81. The maximum Gasteiger partial charge on any atom is 0.298 e. The number of azo groups is 2. The molecule has 1 fully saturated rings. The van der Waals surface area contributed by atoms with E-state index in [9.17, 15) is 22.0 Å². The fourth-order valence-electron chi connectivity index (χ4n) is 4.53. The first-order valence-corrected chi connectivity index (χ1v) is 13.0. The van der Waals surface area contributed by atoms with Crippen molar-refractivity contribution in [2.45, 2.75) is 49.5 Å². The minimum absolute atomic E-state index is 0.00553. The summed E-state index contributed by atoms with van der Waals surface area (Å²) in [5, 5.41) is 8.05. The molecule has 3 aromatic rings. The molecule has 0 bridgehead atoms. The summed E-state index contributed by atoms with van der Waals surface area (Å²) in [7, 11) is 0. The summed E-state index contributed by atoms with van der Waals surface area (Å²) in [5.74, 6) is -3.04. The number of aromatic nitrogens is 3. The molecule has 39 heavy (non-hydrogen) atoms. The number of rotatable bonds is 6. The van der Waals surface area contributed by atoms with Gasteiger partial charge in [0.25, 0.3) is 18.0 Å². The van der Waals surface area contributed by atoms with Crippen LogP contribution in [0.5, 0.6) is 0 Å². The first-order valence-electron chi connectivity index (χ1n) is 12.1. The van der Waals surface area contributed by atoms with Crippen LogP contribution in [0.15, 0.2) is 41.8 Å². The van der Waals surface area contributed by atoms with Crippen molar-refractivity contribution in [1.82, 2.24) is 19.5 Å². The van der Waals surface area contributed by atoms with E-state index in [1.165, 1.54) is 15.4 Å². The summed E-state index contributed by atoms with van der Waals surface area (Å²) in [5.41, 5.74) is 9.26. The van der Waals surface area contributed by atoms with Gasteiger partial charge in [0, 0.05) is 41.8 Å². The van der Waals surface area contributed by atoms with Gasteiger partial charge in [0.1, 0.15) is 0 Å². The number of benzene rings is 1. The quantitative estimate of drug-likeness (QED) is 0.134. The minimum atomic E-state index is -2.53. The lowest BCUT2D eigenvalue weighted by molar-refractivity contribution is -0.536. The normalized spacial score (nSPS) is 16.4. The molecule has 0 atom stereocenters. The maximum atomic E-state index is 14.9. The number of nitrogens with zero attached hydrogens (tertiary/aromatic N) is 6. The van der Waals surface area contributed by atoms with E-state index >= 15 is 0 Å². The molecule has 1 aromatic carbocycles. The van der Waals surface area contributed by atoms with Crippen LogP contribution < -0.4 is 5.73 Å². The molecule has 2 N–H and O–H groups in total. The van der Waals surface area contributed by atoms with Gasteiger partial charge in [-0.25, -0.2) is 31.5 Å². The zero-order chi connectivity index (χ0) is 28.7. The molecular formula is C25H29F5N7S2+. The maximum absolute atomic E-state index is 14.9. The Kier molecular flexibility index (Phi) is 8.18. The second-order valence-corrected chi connectivity index (χ2v) is 12.2. The van der Waals surface area contributed by atoms with E-state index in [0.29, 0.717) is 41.0 Å². The number of allylic oxidation sites excluding steroid dienone is 1. The third-order valence-corrected chi connectivity index (χ3v) is 6.51. The van der Waals surface area contributed by atoms with E-state index < -0.39 is 28.8 Å². The molecule has 0 radical (unpaired) electrons. The topological polar surface area (TPSA) is 74.8 Å². The molecule has 0 aliphatic carbocycles. The number of nitrogen functional groups attached to an aromatic ring is 1. The van der Waals surface area contributed by atoms with E-state index in [0.717, 1.165) is 12.2 Å². The number of piperidine rings is 1. The third kappa shape index (κ3) is 6.83. The molecule has 14 heteroatoms. The number of anilines is 1. The highest BCUT2D eigenvalue weighted by atomic mass is 32.2. The van der Waals surface area contributed by atoms with Gasteiger partial charge in [-0.05, 0) is 31.9 Å². The Morgan fingerprint density at radius 2 is 2.03 bits per heavy atom. The Morgan fingerprint density at radius 1 is 1.31 bits per heavy atom. The smallest absolute Gasteiger partial charge is 0.298 e. The van der Waals surface area contributed by atoms with Crippen LogP contribution in [0.25, 0.3) is 16.6 Å². The summed E-state index contributed by atoms with van der Waals surface area (Å²) in [6.07, 6.45) is -0.430. The molecule has 5 rings (SSSR count). The fourth-order valence-corrected chi connectivity index (χ4v) is 4.83. The summed E-state index contributed by atoms with van der Waals surface area (Å²) in [4.78, 5) is 5.89. The van der Waals surface area contributed by atoms with Crippen LogP contribution in [0.4, 0.5) is 39.3 Å². The molecule has 2 aromatic heterocycles. The number of alkyl halides is 4. The van der Waals surface area contributed by atoms with Crippen molar-refractivity contribution < 1.29 is 26.6 Å². The van der Waals surface area contributed by atoms with Crippen LogP contribution >= 0.6 is 25.3 Å². The second-order valence-electron chi connectivity index (χ2n) is 9.85. The van der Waals surface area contributed by atoms with E-state index in [1.807, 2.05) is 0 Å². The predicted octanol–water partition coefficient (Wildman–Crippen LogP) is 6.49.